The fraction of sp³-hybridized carbons (Fsp3) is 0.500. The van der Waals surface area contributed by atoms with Gasteiger partial charge in [0.1, 0.15) is 23.7 Å². The van der Waals surface area contributed by atoms with Gasteiger partial charge in [-0.05, 0) is 40.2 Å². The van der Waals surface area contributed by atoms with E-state index in [1.807, 2.05) is 0 Å². The molecule has 1 aliphatic heterocycles. The maximum atomic E-state index is 12.7. The molecule has 1 amide bonds. The normalized spacial score (nSPS) is 22.5. The number of aldehydes is 1. The van der Waals surface area contributed by atoms with Gasteiger partial charge in [0.15, 0.2) is 6.10 Å². The summed E-state index contributed by atoms with van der Waals surface area (Å²) in [6, 6.07) is 5.50. The molecule has 7 heteroatoms. The molecule has 0 aliphatic carbocycles. The number of hydrogen-bond acceptors (Lipinski definition) is 5. The van der Waals surface area contributed by atoms with Crippen LogP contribution in [0.3, 0.4) is 0 Å². The monoisotopic (exact) mass is 349 g/mol. The molecule has 2 rings (SSSR count). The summed E-state index contributed by atoms with van der Waals surface area (Å²) in [6.45, 7) is 8.44. The van der Waals surface area contributed by atoms with E-state index in [-0.39, 0.29) is 0 Å². The van der Waals surface area contributed by atoms with Gasteiger partial charge in [-0.25, -0.2) is 9.59 Å². The highest BCUT2D eigenvalue weighted by atomic mass is 16.6. The molecule has 1 fully saturated rings. The fourth-order valence-electron chi connectivity index (χ4n) is 2.83. The molecule has 7 nitrogen and oxygen atoms in total. The van der Waals surface area contributed by atoms with Crippen molar-refractivity contribution in [3.63, 3.8) is 0 Å². The number of aliphatic carboxylic acids is 1. The zero-order chi connectivity index (χ0) is 19.0. The lowest BCUT2D eigenvalue weighted by molar-refractivity contribution is -0.155. The Balaban J connectivity index is 2.48. The molecule has 1 aromatic carbocycles. The van der Waals surface area contributed by atoms with Crippen LogP contribution >= 0.6 is 0 Å². The Kier molecular flexibility index (Phi) is 4.90. The largest absolute Gasteiger partial charge is 0.479 e. The van der Waals surface area contributed by atoms with Crippen molar-refractivity contribution in [3.05, 3.63) is 35.4 Å². The lowest BCUT2D eigenvalue weighted by atomic mass is 9.99. The minimum absolute atomic E-state index is 0.456. The topological polar surface area (TPSA) is 93.1 Å². The summed E-state index contributed by atoms with van der Waals surface area (Å²) >= 11 is 0. The van der Waals surface area contributed by atoms with Gasteiger partial charge in [-0.1, -0.05) is 24.3 Å². The molecule has 1 saturated heterocycles. The van der Waals surface area contributed by atoms with E-state index in [9.17, 15) is 19.5 Å². The Hall–Kier alpha value is -2.41. The molecule has 1 heterocycles. The summed E-state index contributed by atoms with van der Waals surface area (Å²) in [4.78, 5) is 36.6. The lowest BCUT2D eigenvalue weighted by Gasteiger charge is -2.35. The van der Waals surface area contributed by atoms with Crippen LogP contribution in [0.25, 0.3) is 0 Å². The Morgan fingerprint density at radius 2 is 1.80 bits per heavy atom. The van der Waals surface area contributed by atoms with E-state index < -0.39 is 35.5 Å². The smallest absolute Gasteiger partial charge is 0.413 e. The van der Waals surface area contributed by atoms with Crippen LogP contribution in [0.5, 0.6) is 0 Å². The molecular weight excluding hydrogens is 326 g/mol. The number of carbonyl (C=O) groups is 3. The van der Waals surface area contributed by atoms with Crippen molar-refractivity contribution >= 4 is 18.3 Å². The van der Waals surface area contributed by atoms with Gasteiger partial charge in [0, 0.05) is 5.56 Å². The lowest BCUT2D eigenvalue weighted by Crippen LogP contribution is -2.47. The second-order valence-electron chi connectivity index (χ2n) is 7.40. The maximum Gasteiger partial charge on any atom is 0.413 e. The highest BCUT2D eigenvalue weighted by Crippen LogP contribution is 2.42. The van der Waals surface area contributed by atoms with Crippen molar-refractivity contribution in [1.82, 2.24) is 4.90 Å². The van der Waals surface area contributed by atoms with E-state index in [1.165, 1.54) is 4.90 Å². The minimum atomic E-state index is -1.25. The van der Waals surface area contributed by atoms with Crippen LogP contribution < -0.4 is 0 Å². The fourth-order valence-corrected chi connectivity index (χ4v) is 2.83. The molecule has 0 radical (unpaired) electrons. The van der Waals surface area contributed by atoms with Gasteiger partial charge in [-0.15, -0.1) is 0 Å². The molecular formula is C18H23NO6. The Morgan fingerprint density at radius 3 is 2.24 bits per heavy atom. The van der Waals surface area contributed by atoms with Crippen molar-refractivity contribution in [2.45, 2.75) is 58.1 Å². The predicted molar refractivity (Wildman–Crippen MR) is 89.2 cm³/mol. The quantitative estimate of drug-likeness (QED) is 0.843. The van der Waals surface area contributed by atoms with Crippen LogP contribution in [0.15, 0.2) is 24.3 Å². The highest BCUT2D eigenvalue weighted by Gasteiger charge is 2.54. The number of hydrogen-bond donors (Lipinski definition) is 1. The number of carboxylic acids is 1. The molecule has 1 aromatic rings. The second kappa shape index (κ2) is 6.48. The van der Waals surface area contributed by atoms with Gasteiger partial charge in [0.05, 0.1) is 0 Å². The van der Waals surface area contributed by atoms with Gasteiger partial charge >= 0.3 is 12.1 Å². The van der Waals surface area contributed by atoms with Crippen LogP contribution in [-0.4, -0.2) is 45.8 Å². The van der Waals surface area contributed by atoms with E-state index in [0.717, 1.165) is 0 Å². The molecule has 2 atom stereocenters. The van der Waals surface area contributed by atoms with Crippen molar-refractivity contribution in [1.29, 1.82) is 0 Å². The Morgan fingerprint density at radius 1 is 1.24 bits per heavy atom. The van der Waals surface area contributed by atoms with Crippen molar-refractivity contribution < 1.29 is 29.0 Å². The number of benzene rings is 1. The van der Waals surface area contributed by atoms with E-state index >= 15 is 0 Å². The second-order valence-corrected chi connectivity index (χ2v) is 7.40. The highest BCUT2D eigenvalue weighted by molar-refractivity contribution is 5.78. The van der Waals surface area contributed by atoms with Crippen molar-refractivity contribution in [3.8, 4) is 0 Å². The molecule has 136 valence electrons. The minimum Gasteiger partial charge on any atom is -0.479 e. The summed E-state index contributed by atoms with van der Waals surface area (Å²) in [5.74, 6) is -1.18. The number of carboxylic acid groups (broad SMARTS) is 1. The molecule has 0 bridgehead atoms. The Labute approximate surface area is 146 Å². The third kappa shape index (κ3) is 3.99. The number of nitrogens with zero attached hydrogens (tertiary/aromatic N) is 1. The standard InChI is InChI=1S/C18H23NO6/c1-17(2,3)25-16(23)19-13(12-8-6-11(10-20)7-9-12)14(15(21)22)24-18(19,4)5/h6-10,13-14H,1-5H3,(H,21,22)/t13-,14+/m0/s1. The first-order valence-corrected chi connectivity index (χ1v) is 7.94. The van der Waals surface area contributed by atoms with Crippen LogP contribution in [0.2, 0.25) is 0 Å². The average molecular weight is 349 g/mol. The molecule has 1 N–H and O–H groups in total. The van der Waals surface area contributed by atoms with Crippen LogP contribution in [0.4, 0.5) is 4.79 Å². The van der Waals surface area contributed by atoms with Crippen LogP contribution in [0, 0.1) is 0 Å². The van der Waals surface area contributed by atoms with Crippen LogP contribution in [-0.2, 0) is 14.3 Å². The summed E-state index contributed by atoms with van der Waals surface area (Å²) in [6.07, 6.45) is -1.21. The van der Waals surface area contributed by atoms with Crippen molar-refractivity contribution in [2.75, 3.05) is 0 Å². The maximum absolute atomic E-state index is 12.7. The zero-order valence-corrected chi connectivity index (χ0v) is 15.0. The van der Waals surface area contributed by atoms with E-state index in [2.05, 4.69) is 0 Å². The van der Waals surface area contributed by atoms with E-state index in [1.54, 1.807) is 58.9 Å². The number of rotatable bonds is 3. The summed E-state index contributed by atoms with van der Waals surface area (Å²) in [5, 5.41) is 9.55. The third-order valence-electron chi connectivity index (χ3n) is 3.81. The molecule has 0 spiro atoms. The van der Waals surface area contributed by atoms with E-state index in [0.29, 0.717) is 17.4 Å². The Bertz CT molecular complexity index is 674. The molecule has 0 aromatic heterocycles. The van der Waals surface area contributed by atoms with Gasteiger partial charge in [0.2, 0.25) is 0 Å². The first-order chi connectivity index (χ1) is 11.5. The summed E-state index contributed by atoms with van der Waals surface area (Å²) in [7, 11) is 0. The van der Waals surface area contributed by atoms with E-state index in [4.69, 9.17) is 9.47 Å². The molecule has 0 saturated carbocycles. The van der Waals surface area contributed by atoms with Gasteiger partial charge in [-0.3, -0.25) is 9.69 Å². The first kappa shape index (κ1) is 18.9. The van der Waals surface area contributed by atoms with Crippen molar-refractivity contribution in [2.24, 2.45) is 0 Å². The van der Waals surface area contributed by atoms with Gasteiger partial charge in [0.25, 0.3) is 0 Å². The molecule has 25 heavy (non-hydrogen) atoms. The molecule has 1 aliphatic rings. The SMILES string of the molecule is CC(C)(C)OC(=O)N1[C@@H](c2ccc(C=O)cc2)[C@H](C(=O)O)OC1(C)C. The molecule has 0 unspecified atom stereocenters. The van der Waals surface area contributed by atoms with Gasteiger partial charge in [-0.2, -0.15) is 0 Å². The van der Waals surface area contributed by atoms with Gasteiger partial charge < -0.3 is 14.6 Å². The number of ether oxygens (including phenoxy) is 2. The zero-order valence-electron chi connectivity index (χ0n) is 15.0. The summed E-state index contributed by atoms with van der Waals surface area (Å²) in [5.41, 5.74) is -0.896. The number of amides is 1. The third-order valence-corrected chi connectivity index (χ3v) is 3.81. The summed E-state index contributed by atoms with van der Waals surface area (Å²) < 4.78 is 11.1. The number of carbonyl (C=O) groups excluding carboxylic acids is 2. The van der Waals surface area contributed by atoms with Crippen LogP contribution in [0.1, 0.15) is 56.6 Å². The average Bonchev–Trinajstić information content (AvgIpc) is 2.77. The predicted octanol–water partition coefficient (Wildman–Crippen LogP) is 3.00. The first-order valence-electron chi connectivity index (χ1n) is 7.94.